The molecule has 0 aromatic heterocycles. The quantitative estimate of drug-likeness (QED) is 0.772. The van der Waals surface area contributed by atoms with Gasteiger partial charge in [-0.3, -0.25) is 9.69 Å². The zero-order valence-corrected chi connectivity index (χ0v) is 15.2. The van der Waals surface area contributed by atoms with Gasteiger partial charge in [0, 0.05) is 39.1 Å². The molecule has 0 bridgehead atoms. The number of carbonyl (C=O) groups excluding carboxylic acids is 1. The Morgan fingerprint density at radius 2 is 1.96 bits per heavy atom. The third-order valence-electron chi connectivity index (χ3n) is 4.36. The molecule has 2 rings (SSSR count). The van der Waals surface area contributed by atoms with E-state index in [1.165, 1.54) is 17.3 Å². The standard InChI is InChI=1S/C16H24FN3O4S/c1-3-13(11-21)19-6-8-20(9-7-19)25(23,24)14-4-5-15(17)16(10-14)18-12(2)22/h4-5,10,13,21H,3,6-9,11H2,1-2H3,(H,18,22). The minimum atomic E-state index is -3.77. The molecule has 0 spiro atoms. The molecule has 1 fully saturated rings. The van der Waals surface area contributed by atoms with Crippen LogP contribution >= 0.6 is 0 Å². The second-order valence-electron chi connectivity index (χ2n) is 6.01. The van der Waals surface area contributed by atoms with E-state index in [-0.39, 0.29) is 23.2 Å². The molecule has 1 heterocycles. The molecule has 9 heteroatoms. The Morgan fingerprint density at radius 3 is 2.48 bits per heavy atom. The molecular weight excluding hydrogens is 349 g/mol. The van der Waals surface area contributed by atoms with Gasteiger partial charge >= 0.3 is 0 Å². The van der Waals surface area contributed by atoms with E-state index in [9.17, 15) is 22.7 Å². The van der Waals surface area contributed by atoms with Crippen LogP contribution in [0.4, 0.5) is 10.1 Å². The summed E-state index contributed by atoms with van der Waals surface area (Å²) in [5.74, 6) is -1.16. The monoisotopic (exact) mass is 373 g/mol. The Morgan fingerprint density at radius 1 is 1.32 bits per heavy atom. The average Bonchev–Trinajstić information content (AvgIpc) is 2.58. The number of nitrogens with one attached hydrogen (secondary N) is 1. The topological polar surface area (TPSA) is 89.9 Å². The van der Waals surface area contributed by atoms with Crippen molar-refractivity contribution in [1.29, 1.82) is 0 Å². The van der Waals surface area contributed by atoms with Crippen LogP contribution in [0.2, 0.25) is 0 Å². The number of carbonyl (C=O) groups is 1. The molecular formula is C16H24FN3O4S. The van der Waals surface area contributed by atoms with E-state index in [0.717, 1.165) is 18.6 Å². The average molecular weight is 373 g/mol. The maximum absolute atomic E-state index is 13.7. The molecule has 1 aromatic carbocycles. The van der Waals surface area contributed by atoms with E-state index in [0.29, 0.717) is 26.2 Å². The van der Waals surface area contributed by atoms with Crippen LogP contribution in [0.1, 0.15) is 20.3 Å². The van der Waals surface area contributed by atoms with Crippen molar-refractivity contribution in [2.24, 2.45) is 0 Å². The molecule has 1 aromatic rings. The Kier molecular flexibility index (Phi) is 6.50. The van der Waals surface area contributed by atoms with Crippen molar-refractivity contribution in [2.45, 2.75) is 31.2 Å². The first-order valence-corrected chi connectivity index (χ1v) is 9.65. The van der Waals surface area contributed by atoms with Crippen molar-refractivity contribution >= 4 is 21.6 Å². The predicted octanol–water partition coefficient (Wildman–Crippen LogP) is 0.861. The maximum Gasteiger partial charge on any atom is 0.243 e. The molecule has 1 saturated heterocycles. The molecule has 2 N–H and O–H groups in total. The number of hydrogen-bond donors (Lipinski definition) is 2. The second kappa shape index (κ2) is 8.22. The fourth-order valence-electron chi connectivity index (χ4n) is 2.91. The Balaban J connectivity index is 2.16. The number of rotatable bonds is 6. The minimum Gasteiger partial charge on any atom is -0.395 e. The molecule has 140 valence electrons. The maximum atomic E-state index is 13.7. The highest BCUT2D eigenvalue weighted by molar-refractivity contribution is 7.89. The predicted molar refractivity (Wildman–Crippen MR) is 92.2 cm³/mol. The van der Waals surface area contributed by atoms with Gasteiger partial charge in [-0.1, -0.05) is 6.92 Å². The molecule has 1 aliphatic heterocycles. The van der Waals surface area contributed by atoms with Crippen molar-refractivity contribution in [3.05, 3.63) is 24.0 Å². The lowest BCUT2D eigenvalue weighted by Gasteiger charge is -2.37. The van der Waals surface area contributed by atoms with Crippen molar-refractivity contribution in [2.75, 3.05) is 38.1 Å². The molecule has 1 amide bonds. The van der Waals surface area contributed by atoms with Gasteiger partial charge in [-0.25, -0.2) is 12.8 Å². The number of aliphatic hydroxyl groups is 1. The number of hydrogen-bond acceptors (Lipinski definition) is 5. The van der Waals surface area contributed by atoms with E-state index in [4.69, 9.17) is 0 Å². The first kappa shape index (κ1) is 19.8. The number of aliphatic hydroxyl groups excluding tert-OH is 1. The lowest BCUT2D eigenvalue weighted by Crippen LogP contribution is -2.52. The molecule has 0 radical (unpaired) electrons. The summed E-state index contributed by atoms with van der Waals surface area (Å²) in [4.78, 5) is 13.1. The van der Waals surface area contributed by atoms with Crippen LogP contribution in [-0.4, -0.2) is 67.5 Å². The summed E-state index contributed by atoms with van der Waals surface area (Å²) in [6, 6.07) is 3.40. The fourth-order valence-corrected chi connectivity index (χ4v) is 4.36. The van der Waals surface area contributed by atoms with Crippen molar-refractivity contribution in [3.63, 3.8) is 0 Å². The third-order valence-corrected chi connectivity index (χ3v) is 6.25. The fraction of sp³-hybridized carbons (Fsp3) is 0.562. The molecule has 0 saturated carbocycles. The molecule has 1 unspecified atom stereocenters. The summed E-state index contributed by atoms with van der Waals surface area (Å²) in [6.07, 6.45) is 0.793. The first-order chi connectivity index (χ1) is 11.8. The van der Waals surface area contributed by atoms with E-state index < -0.39 is 21.7 Å². The lowest BCUT2D eigenvalue weighted by atomic mass is 10.2. The van der Waals surface area contributed by atoms with Gasteiger partial charge in [0.05, 0.1) is 17.2 Å². The Labute approximate surface area is 147 Å². The molecule has 1 aliphatic rings. The van der Waals surface area contributed by atoms with Crippen LogP contribution in [-0.2, 0) is 14.8 Å². The highest BCUT2D eigenvalue weighted by Gasteiger charge is 2.30. The van der Waals surface area contributed by atoms with Gasteiger partial charge in [-0.2, -0.15) is 4.31 Å². The largest absolute Gasteiger partial charge is 0.395 e. The summed E-state index contributed by atoms with van der Waals surface area (Å²) in [5.41, 5.74) is -0.154. The minimum absolute atomic E-state index is 0.0297. The third kappa shape index (κ3) is 4.55. The van der Waals surface area contributed by atoms with E-state index >= 15 is 0 Å². The number of sulfonamides is 1. The Bertz CT molecular complexity index is 714. The number of nitrogens with zero attached hydrogens (tertiary/aromatic N) is 2. The lowest BCUT2D eigenvalue weighted by molar-refractivity contribution is -0.114. The number of amides is 1. The number of piperazine rings is 1. The SMILES string of the molecule is CCC(CO)N1CCN(S(=O)(=O)c2ccc(F)c(NC(C)=O)c2)CC1. The summed E-state index contributed by atoms with van der Waals surface area (Å²) in [6.45, 7) is 4.89. The Hall–Kier alpha value is -1.55. The summed E-state index contributed by atoms with van der Waals surface area (Å²) in [5, 5.41) is 11.7. The van der Waals surface area contributed by atoms with E-state index in [1.54, 1.807) is 0 Å². The molecule has 25 heavy (non-hydrogen) atoms. The van der Waals surface area contributed by atoms with Crippen LogP contribution in [0.15, 0.2) is 23.1 Å². The van der Waals surface area contributed by atoms with Gasteiger partial charge < -0.3 is 10.4 Å². The summed E-state index contributed by atoms with van der Waals surface area (Å²) < 4.78 is 40.6. The van der Waals surface area contributed by atoms with Gasteiger partial charge in [-0.15, -0.1) is 0 Å². The highest BCUT2D eigenvalue weighted by atomic mass is 32.2. The smallest absolute Gasteiger partial charge is 0.243 e. The zero-order chi connectivity index (χ0) is 18.6. The normalized spacial score (nSPS) is 18.1. The van der Waals surface area contributed by atoms with E-state index in [1.807, 2.05) is 6.92 Å². The van der Waals surface area contributed by atoms with Crippen molar-refractivity contribution < 1.29 is 22.7 Å². The van der Waals surface area contributed by atoms with Gasteiger partial charge in [0.15, 0.2) is 0 Å². The summed E-state index contributed by atoms with van der Waals surface area (Å²) >= 11 is 0. The van der Waals surface area contributed by atoms with Gasteiger partial charge in [-0.05, 0) is 24.6 Å². The highest BCUT2D eigenvalue weighted by Crippen LogP contribution is 2.24. The number of anilines is 1. The van der Waals surface area contributed by atoms with Crippen LogP contribution in [0.25, 0.3) is 0 Å². The zero-order valence-electron chi connectivity index (χ0n) is 14.4. The van der Waals surface area contributed by atoms with Crippen LogP contribution in [0.3, 0.4) is 0 Å². The number of benzene rings is 1. The van der Waals surface area contributed by atoms with Gasteiger partial charge in [0.1, 0.15) is 5.82 Å². The second-order valence-corrected chi connectivity index (χ2v) is 7.95. The van der Waals surface area contributed by atoms with Crippen molar-refractivity contribution in [3.8, 4) is 0 Å². The first-order valence-electron chi connectivity index (χ1n) is 8.21. The van der Waals surface area contributed by atoms with Crippen LogP contribution in [0.5, 0.6) is 0 Å². The van der Waals surface area contributed by atoms with Crippen LogP contribution in [0, 0.1) is 5.82 Å². The van der Waals surface area contributed by atoms with E-state index in [2.05, 4.69) is 10.2 Å². The van der Waals surface area contributed by atoms with Gasteiger partial charge in [0.2, 0.25) is 15.9 Å². The molecule has 1 atom stereocenters. The molecule has 0 aliphatic carbocycles. The summed E-state index contributed by atoms with van der Waals surface area (Å²) in [7, 11) is -3.77. The van der Waals surface area contributed by atoms with Gasteiger partial charge in [0.25, 0.3) is 0 Å². The van der Waals surface area contributed by atoms with Crippen molar-refractivity contribution in [1.82, 2.24) is 9.21 Å². The molecule has 7 nitrogen and oxygen atoms in total. The van der Waals surface area contributed by atoms with Crippen LogP contribution < -0.4 is 5.32 Å². The number of halogens is 1.